The first-order valence-electron chi connectivity index (χ1n) is 8.86. The summed E-state index contributed by atoms with van der Waals surface area (Å²) in [6.45, 7) is 2.40. The molecule has 0 fully saturated rings. The summed E-state index contributed by atoms with van der Waals surface area (Å²) < 4.78 is 5.33. The second-order valence-electron chi connectivity index (χ2n) is 5.84. The highest BCUT2D eigenvalue weighted by Gasteiger charge is 2.15. The van der Waals surface area contributed by atoms with Gasteiger partial charge >= 0.3 is 0 Å². The number of benzene rings is 2. The molecule has 3 rings (SSSR count). The SMILES string of the molecule is CCOc1ccc(C(=O)NNC(=O)c2ccccc2NC(=O)c2cccs2)cc1. The molecule has 8 heteroatoms. The number of carbonyl (C=O) groups excluding carboxylic acids is 3. The van der Waals surface area contributed by atoms with Crippen molar-refractivity contribution in [2.45, 2.75) is 6.92 Å². The number of nitrogens with one attached hydrogen (secondary N) is 3. The van der Waals surface area contributed by atoms with Gasteiger partial charge in [0.1, 0.15) is 5.75 Å². The Labute approximate surface area is 171 Å². The summed E-state index contributed by atoms with van der Waals surface area (Å²) in [7, 11) is 0. The highest BCUT2D eigenvalue weighted by Crippen LogP contribution is 2.18. The maximum Gasteiger partial charge on any atom is 0.271 e. The lowest BCUT2D eigenvalue weighted by atomic mass is 10.1. The van der Waals surface area contributed by atoms with E-state index in [2.05, 4.69) is 16.2 Å². The highest BCUT2D eigenvalue weighted by atomic mass is 32.1. The number of carbonyl (C=O) groups is 3. The third kappa shape index (κ3) is 5.20. The zero-order chi connectivity index (χ0) is 20.6. The Morgan fingerprint density at radius 3 is 2.28 bits per heavy atom. The summed E-state index contributed by atoms with van der Waals surface area (Å²) >= 11 is 1.30. The van der Waals surface area contributed by atoms with Crippen LogP contribution in [-0.2, 0) is 0 Å². The number of rotatable bonds is 6. The number of ether oxygens (including phenoxy) is 1. The van der Waals surface area contributed by atoms with Crippen LogP contribution in [0.5, 0.6) is 5.75 Å². The molecule has 0 radical (unpaired) electrons. The zero-order valence-corrected chi connectivity index (χ0v) is 16.4. The van der Waals surface area contributed by atoms with Crippen molar-refractivity contribution in [1.82, 2.24) is 10.9 Å². The van der Waals surface area contributed by atoms with E-state index in [0.717, 1.165) is 0 Å². The lowest BCUT2D eigenvalue weighted by Crippen LogP contribution is -2.41. The minimum atomic E-state index is -0.550. The van der Waals surface area contributed by atoms with Crippen LogP contribution in [0.25, 0.3) is 0 Å². The normalized spacial score (nSPS) is 10.1. The first-order valence-corrected chi connectivity index (χ1v) is 9.74. The van der Waals surface area contributed by atoms with Crippen LogP contribution in [0.1, 0.15) is 37.3 Å². The number of anilines is 1. The number of amides is 3. The molecule has 0 saturated heterocycles. The molecule has 1 heterocycles. The van der Waals surface area contributed by atoms with Crippen LogP contribution in [0.4, 0.5) is 5.69 Å². The van der Waals surface area contributed by atoms with Gasteiger partial charge in [0.25, 0.3) is 17.7 Å². The van der Waals surface area contributed by atoms with Gasteiger partial charge in [-0.1, -0.05) is 18.2 Å². The quantitative estimate of drug-likeness (QED) is 0.543. The second kappa shape index (κ2) is 9.52. The smallest absolute Gasteiger partial charge is 0.271 e. The maximum absolute atomic E-state index is 12.5. The standard InChI is InChI=1S/C21H19N3O4S/c1-2-28-15-11-9-14(10-12-15)19(25)23-24-20(26)16-6-3-4-7-17(16)22-21(27)18-8-5-13-29-18/h3-13H,2H2,1H3,(H,22,27)(H,23,25)(H,24,26). The Morgan fingerprint density at radius 2 is 1.59 bits per heavy atom. The highest BCUT2D eigenvalue weighted by molar-refractivity contribution is 7.12. The molecular formula is C21H19N3O4S. The fourth-order valence-electron chi connectivity index (χ4n) is 2.50. The van der Waals surface area contributed by atoms with Crippen molar-refractivity contribution in [2.24, 2.45) is 0 Å². The van der Waals surface area contributed by atoms with Crippen LogP contribution in [0.15, 0.2) is 66.0 Å². The van der Waals surface area contributed by atoms with E-state index in [4.69, 9.17) is 4.74 Å². The van der Waals surface area contributed by atoms with E-state index in [9.17, 15) is 14.4 Å². The molecule has 0 aliphatic rings. The van der Waals surface area contributed by atoms with Gasteiger partial charge in [0.05, 0.1) is 22.7 Å². The molecule has 2 aromatic carbocycles. The molecule has 0 spiro atoms. The first-order chi connectivity index (χ1) is 14.1. The molecule has 0 atom stereocenters. The molecule has 0 saturated carbocycles. The van der Waals surface area contributed by atoms with Crippen molar-refractivity contribution >= 4 is 34.7 Å². The zero-order valence-electron chi connectivity index (χ0n) is 15.6. The van der Waals surface area contributed by atoms with E-state index in [-0.39, 0.29) is 11.5 Å². The van der Waals surface area contributed by atoms with E-state index in [1.807, 2.05) is 6.92 Å². The Hall–Kier alpha value is -3.65. The number of hydrazine groups is 1. The first kappa shape index (κ1) is 20.1. The summed E-state index contributed by atoms with van der Waals surface area (Å²) in [4.78, 5) is 37.5. The summed E-state index contributed by atoms with van der Waals surface area (Å²) in [6.07, 6.45) is 0. The van der Waals surface area contributed by atoms with E-state index >= 15 is 0 Å². The van der Waals surface area contributed by atoms with Crippen LogP contribution in [0.3, 0.4) is 0 Å². The lowest BCUT2D eigenvalue weighted by Gasteiger charge is -2.12. The average Bonchev–Trinajstić information content (AvgIpc) is 3.28. The molecule has 3 N–H and O–H groups in total. The molecule has 1 aromatic heterocycles. The van der Waals surface area contributed by atoms with Gasteiger partial charge in [-0.2, -0.15) is 0 Å². The summed E-state index contributed by atoms with van der Waals surface area (Å²) in [5.41, 5.74) is 5.67. The van der Waals surface area contributed by atoms with Crippen molar-refractivity contribution in [1.29, 1.82) is 0 Å². The van der Waals surface area contributed by atoms with Crippen molar-refractivity contribution in [2.75, 3.05) is 11.9 Å². The topological polar surface area (TPSA) is 96.5 Å². The van der Waals surface area contributed by atoms with Gasteiger partial charge in [0, 0.05) is 5.56 Å². The van der Waals surface area contributed by atoms with E-state index in [0.29, 0.717) is 28.5 Å². The van der Waals surface area contributed by atoms with Crippen LogP contribution in [0, 0.1) is 0 Å². The minimum Gasteiger partial charge on any atom is -0.494 e. The Balaban J connectivity index is 1.63. The predicted molar refractivity (Wildman–Crippen MR) is 111 cm³/mol. The fraction of sp³-hybridized carbons (Fsp3) is 0.0952. The van der Waals surface area contributed by atoms with Gasteiger partial charge in [-0.05, 0) is 54.8 Å². The number of thiophene rings is 1. The van der Waals surface area contributed by atoms with Crippen LogP contribution < -0.4 is 20.9 Å². The average molecular weight is 409 g/mol. The third-order valence-corrected chi connectivity index (χ3v) is 4.75. The van der Waals surface area contributed by atoms with Gasteiger partial charge in [-0.3, -0.25) is 25.2 Å². The van der Waals surface area contributed by atoms with E-state index < -0.39 is 11.8 Å². The van der Waals surface area contributed by atoms with Crippen LogP contribution in [0.2, 0.25) is 0 Å². The molecule has 0 unspecified atom stereocenters. The number of hydrogen-bond donors (Lipinski definition) is 3. The monoisotopic (exact) mass is 409 g/mol. The molecule has 148 valence electrons. The number of para-hydroxylation sites is 1. The van der Waals surface area contributed by atoms with Crippen molar-refractivity contribution < 1.29 is 19.1 Å². The third-order valence-electron chi connectivity index (χ3n) is 3.88. The summed E-state index contributed by atoms with van der Waals surface area (Å²) in [5.74, 6) is -0.671. The minimum absolute atomic E-state index is 0.226. The number of hydrogen-bond acceptors (Lipinski definition) is 5. The molecule has 3 amide bonds. The van der Waals surface area contributed by atoms with E-state index in [1.165, 1.54) is 11.3 Å². The largest absolute Gasteiger partial charge is 0.494 e. The van der Waals surface area contributed by atoms with Crippen molar-refractivity contribution in [3.8, 4) is 5.75 Å². The summed E-state index contributed by atoms with van der Waals surface area (Å²) in [6, 6.07) is 16.6. The molecule has 3 aromatic rings. The Morgan fingerprint density at radius 1 is 0.862 bits per heavy atom. The van der Waals surface area contributed by atoms with Crippen LogP contribution in [-0.4, -0.2) is 24.3 Å². The Bertz CT molecular complexity index is 1000. The van der Waals surface area contributed by atoms with Gasteiger partial charge < -0.3 is 10.1 Å². The van der Waals surface area contributed by atoms with Crippen LogP contribution >= 0.6 is 11.3 Å². The molecule has 29 heavy (non-hydrogen) atoms. The maximum atomic E-state index is 12.5. The van der Waals surface area contributed by atoms with Gasteiger partial charge in [-0.25, -0.2) is 0 Å². The molecule has 0 bridgehead atoms. The van der Waals surface area contributed by atoms with Crippen molar-refractivity contribution in [3.63, 3.8) is 0 Å². The Kier molecular flexibility index (Phi) is 6.59. The second-order valence-corrected chi connectivity index (χ2v) is 6.79. The van der Waals surface area contributed by atoms with E-state index in [1.54, 1.807) is 66.0 Å². The molecular weight excluding hydrogens is 390 g/mol. The molecule has 0 aliphatic heterocycles. The molecule has 0 aliphatic carbocycles. The van der Waals surface area contributed by atoms with Crippen molar-refractivity contribution in [3.05, 3.63) is 82.0 Å². The summed E-state index contributed by atoms with van der Waals surface area (Å²) in [5, 5.41) is 4.51. The molecule has 7 nitrogen and oxygen atoms in total. The fourth-order valence-corrected chi connectivity index (χ4v) is 3.12. The van der Waals surface area contributed by atoms with Gasteiger partial charge in [0.15, 0.2) is 0 Å². The predicted octanol–water partition coefficient (Wildman–Crippen LogP) is 3.47. The van der Waals surface area contributed by atoms with Gasteiger partial charge in [-0.15, -0.1) is 11.3 Å². The van der Waals surface area contributed by atoms with Gasteiger partial charge in [0.2, 0.25) is 0 Å². The lowest BCUT2D eigenvalue weighted by molar-refractivity contribution is 0.0847.